The van der Waals surface area contributed by atoms with E-state index in [0.717, 1.165) is 0 Å². The summed E-state index contributed by atoms with van der Waals surface area (Å²) in [5.74, 6) is -0.0824. The number of nitrogens with one attached hydrogen (secondary N) is 2. The van der Waals surface area contributed by atoms with Gasteiger partial charge in [0.05, 0.1) is 22.6 Å². The van der Waals surface area contributed by atoms with Gasteiger partial charge in [-0.2, -0.15) is 0 Å². The number of anilines is 2. The largest absolute Gasteiger partial charge is 0.495 e. The highest BCUT2D eigenvalue weighted by Crippen LogP contribution is 2.28. The molecular weight excluding hydrogens is 382 g/mol. The van der Waals surface area contributed by atoms with Crippen LogP contribution in [0.5, 0.6) is 5.75 Å². The lowest BCUT2D eigenvalue weighted by atomic mass is 10.3. The highest BCUT2D eigenvalue weighted by atomic mass is 32.2. The number of hydrogen-bond acceptors (Lipinski definition) is 6. The highest BCUT2D eigenvalue weighted by molar-refractivity contribution is 7.92. The van der Waals surface area contributed by atoms with Gasteiger partial charge < -0.3 is 10.1 Å². The van der Waals surface area contributed by atoms with Gasteiger partial charge in [0.1, 0.15) is 5.75 Å². The second-order valence-electron chi connectivity index (χ2n) is 5.22. The molecule has 0 aromatic heterocycles. The van der Waals surface area contributed by atoms with E-state index in [-0.39, 0.29) is 27.1 Å². The fourth-order valence-corrected chi connectivity index (χ4v) is 3.67. The first-order valence-electron chi connectivity index (χ1n) is 7.14. The number of hydrogen-bond donors (Lipinski definition) is 3. The van der Waals surface area contributed by atoms with Gasteiger partial charge in [-0.25, -0.2) is 22.0 Å². The maximum atomic E-state index is 12.5. The van der Waals surface area contributed by atoms with E-state index >= 15 is 0 Å². The Kier molecular flexibility index (Phi) is 5.54. The molecule has 0 unspecified atom stereocenters. The summed E-state index contributed by atoms with van der Waals surface area (Å²) < 4.78 is 54.9. The van der Waals surface area contributed by atoms with E-state index in [1.54, 1.807) is 0 Å². The zero-order chi connectivity index (χ0) is 19.5. The van der Waals surface area contributed by atoms with E-state index in [4.69, 9.17) is 9.88 Å². The van der Waals surface area contributed by atoms with Gasteiger partial charge in [0.25, 0.3) is 10.0 Å². The Hall–Kier alpha value is -2.63. The Balaban J connectivity index is 2.34. The van der Waals surface area contributed by atoms with E-state index in [0.29, 0.717) is 5.75 Å². The summed E-state index contributed by atoms with van der Waals surface area (Å²) >= 11 is 0. The minimum absolute atomic E-state index is 0.113. The molecule has 2 aromatic carbocycles. The van der Waals surface area contributed by atoms with Crippen molar-refractivity contribution in [3.05, 3.63) is 42.5 Å². The lowest BCUT2D eigenvalue weighted by molar-refractivity contribution is -0.114. The molecule has 1 amide bonds. The highest BCUT2D eigenvalue weighted by Gasteiger charge is 2.18. The Morgan fingerprint density at radius 3 is 2.08 bits per heavy atom. The molecule has 9 nitrogen and oxygen atoms in total. The molecule has 0 bridgehead atoms. The summed E-state index contributed by atoms with van der Waals surface area (Å²) in [6, 6.07) is 8.88. The van der Waals surface area contributed by atoms with Crippen molar-refractivity contribution in [1.82, 2.24) is 0 Å². The van der Waals surface area contributed by atoms with Gasteiger partial charge in [0.2, 0.25) is 15.9 Å². The Labute approximate surface area is 151 Å². The van der Waals surface area contributed by atoms with Crippen molar-refractivity contribution in [2.75, 3.05) is 17.1 Å². The van der Waals surface area contributed by atoms with E-state index in [1.807, 2.05) is 0 Å². The zero-order valence-electron chi connectivity index (χ0n) is 13.9. The quantitative estimate of drug-likeness (QED) is 0.663. The van der Waals surface area contributed by atoms with Crippen LogP contribution in [0.25, 0.3) is 0 Å². The lowest BCUT2D eigenvalue weighted by Crippen LogP contribution is -2.15. The molecule has 0 aliphatic carbocycles. The standard InChI is InChI=1S/C15H17N3O6S2/c1-10(19)17-14-9-13(7-8-15(14)24-2)26(22,23)18-11-3-5-12(6-4-11)25(16,20)21/h3-9,18H,1-2H3,(H,17,19)(H2,16,20,21). The lowest BCUT2D eigenvalue weighted by Gasteiger charge is -2.13. The second kappa shape index (κ2) is 7.32. The fourth-order valence-electron chi connectivity index (χ4n) is 2.07. The van der Waals surface area contributed by atoms with Crippen LogP contribution in [-0.2, 0) is 24.8 Å². The first-order valence-corrected chi connectivity index (χ1v) is 10.2. The van der Waals surface area contributed by atoms with Crippen LogP contribution in [-0.4, -0.2) is 29.9 Å². The summed E-state index contributed by atoms with van der Waals surface area (Å²) in [7, 11) is -6.47. The van der Waals surface area contributed by atoms with Crippen LogP contribution in [0, 0.1) is 0 Å². The van der Waals surface area contributed by atoms with Crippen molar-refractivity contribution >= 4 is 37.3 Å². The maximum Gasteiger partial charge on any atom is 0.261 e. The normalized spacial score (nSPS) is 11.7. The number of carbonyl (C=O) groups excluding carboxylic acids is 1. The van der Waals surface area contributed by atoms with Gasteiger partial charge in [0, 0.05) is 12.6 Å². The average Bonchev–Trinajstić information content (AvgIpc) is 2.53. The molecule has 4 N–H and O–H groups in total. The number of primary sulfonamides is 1. The van der Waals surface area contributed by atoms with Crippen molar-refractivity contribution in [3.8, 4) is 5.75 Å². The van der Waals surface area contributed by atoms with Crippen LogP contribution in [0.2, 0.25) is 0 Å². The number of nitrogens with two attached hydrogens (primary N) is 1. The molecule has 140 valence electrons. The number of sulfonamides is 2. The predicted octanol–water partition coefficient (Wildman–Crippen LogP) is 1.10. The topological polar surface area (TPSA) is 145 Å². The second-order valence-corrected chi connectivity index (χ2v) is 8.46. The van der Waals surface area contributed by atoms with Crippen molar-refractivity contribution in [3.63, 3.8) is 0 Å². The molecule has 2 rings (SSSR count). The Morgan fingerprint density at radius 1 is 1.00 bits per heavy atom. The monoisotopic (exact) mass is 399 g/mol. The van der Waals surface area contributed by atoms with Crippen LogP contribution in [0.4, 0.5) is 11.4 Å². The summed E-state index contributed by atoms with van der Waals surface area (Å²) in [4.78, 5) is 11.0. The molecule has 0 atom stereocenters. The smallest absolute Gasteiger partial charge is 0.261 e. The third-order valence-corrected chi connectivity index (χ3v) is 5.54. The third kappa shape index (κ3) is 4.71. The number of amides is 1. The van der Waals surface area contributed by atoms with Gasteiger partial charge in [-0.05, 0) is 42.5 Å². The molecule has 0 spiro atoms. The van der Waals surface area contributed by atoms with Crippen LogP contribution in [0.15, 0.2) is 52.3 Å². The van der Waals surface area contributed by atoms with E-state index < -0.39 is 20.0 Å². The van der Waals surface area contributed by atoms with E-state index in [2.05, 4.69) is 10.0 Å². The number of benzene rings is 2. The molecule has 0 fully saturated rings. The first kappa shape index (κ1) is 19.7. The molecule has 26 heavy (non-hydrogen) atoms. The minimum Gasteiger partial charge on any atom is -0.495 e. The number of ether oxygens (including phenoxy) is 1. The Morgan fingerprint density at radius 2 is 1.58 bits per heavy atom. The van der Waals surface area contributed by atoms with Crippen LogP contribution in [0.1, 0.15) is 6.92 Å². The van der Waals surface area contributed by atoms with Crippen LogP contribution < -0.4 is 19.9 Å². The minimum atomic E-state index is -3.98. The predicted molar refractivity (Wildman–Crippen MR) is 95.9 cm³/mol. The van der Waals surface area contributed by atoms with Gasteiger partial charge in [-0.3, -0.25) is 9.52 Å². The summed E-state index contributed by atoms with van der Waals surface area (Å²) in [6.07, 6.45) is 0. The van der Waals surface area contributed by atoms with Gasteiger partial charge >= 0.3 is 0 Å². The number of rotatable bonds is 6. The average molecular weight is 399 g/mol. The first-order chi connectivity index (χ1) is 12.0. The third-order valence-electron chi connectivity index (χ3n) is 3.23. The van der Waals surface area contributed by atoms with Crippen LogP contribution in [0.3, 0.4) is 0 Å². The summed E-state index contributed by atoms with van der Waals surface area (Å²) in [5.41, 5.74) is 0.349. The summed E-state index contributed by atoms with van der Waals surface area (Å²) in [5, 5.41) is 7.48. The maximum absolute atomic E-state index is 12.5. The van der Waals surface area contributed by atoms with E-state index in [1.165, 1.54) is 56.5 Å². The van der Waals surface area contributed by atoms with Gasteiger partial charge in [-0.15, -0.1) is 0 Å². The SMILES string of the molecule is COc1ccc(S(=O)(=O)Nc2ccc(S(N)(=O)=O)cc2)cc1NC(C)=O. The number of methoxy groups -OCH3 is 1. The molecule has 11 heteroatoms. The van der Waals surface area contributed by atoms with Crippen molar-refractivity contribution in [2.45, 2.75) is 16.7 Å². The van der Waals surface area contributed by atoms with Crippen molar-refractivity contribution < 1.29 is 26.4 Å². The molecule has 0 aliphatic rings. The van der Waals surface area contributed by atoms with Gasteiger partial charge in [-0.1, -0.05) is 0 Å². The molecule has 0 radical (unpaired) electrons. The zero-order valence-corrected chi connectivity index (χ0v) is 15.5. The van der Waals surface area contributed by atoms with Crippen molar-refractivity contribution in [2.24, 2.45) is 5.14 Å². The van der Waals surface area contributed by atoms with Crippen molar-refractivity contribution in [1.29, 1.82) is 0 Å². The Bertz CT molecular complexity index is 1030. The van der Waals surface area contributed by atoms with E-state index in [9.17, 15) is 21.6 Å². The molecule has 0 heterocycles. The van der Waals surface area contributed by atoms with Gasteiger partial charge in [0.15, 0.2) is 0 Å². The molecule has 0 saturated carbocycles. The number of carbonyl (C=O) groups is 1. The van der Waals surface area contributed by atoms with Crippen LogP contribution >= 0.6 is 0 Å². The molecule has 0 aliphatic heterocycles. The fraction of sp³-hybridized carbons (Fsp3) is 0.133. The molecule has 0 saturated heterocycles. The molecular formula is C15H17N3O6S2. The summed E-state index contributed by atoms with van der Waals surface area (Å²) in [6.45, 7) is 1.28. The molecule has 2 aromatic rings.